The van der Waals surface area contributed by atoms with Gasteiger partial charge in [-0.2, -0.15) is 0 Å². The Labute approximate surface area is 452 Å². The molecule has 0 fully saturated rings. The highest BCUT2D eigenvalue weighted by molar-refractivity contribution is 7.47. The van der Waals surface area contributed by atoms with Crippen molar-refractivity contribution in [3.63, 3.8) is 0 Å². The number of carbonyl (C=O) groups excluding carboxylic acids is 3. The van der Waals surface area contributed by atoms with Gasteiger partial charge in [0.25, 0.3) is 0 Å². The van der Waals surface area contributed by atoms with Gasteiger partial charge in [-0.25, -0.2) is 4.57 Å². The fourth-order valence-electron chi connectivity index (χ4n) is 8.04. The summed E-state index contributed by atoms with van der Waals surface area (Å²) in [5.41, 5.74) is 0. The highest BCUT2D eigenvalue weighted by Crippen LogP contribution is 2.43. The van der Waals surface area contributed by atoms with E-state index >= 15 is 0 Å². The number of ether oxygens (including phenoxy) is 3. The molecule has 0 saturated carbocycles. The number of phosphoric acid groups is 1. The zero-order valence-electron chi connectivity index (χ0n) is 47.3. The minimum Gasteiger partial charge on any atom is -0.462 e. The summed E-state index contributed by atoms with van der Waals surface area (Å²) < 4.78 is 39.5. The Morgan fingerprint density at radius 2 is 0.703 bits per heavy atom. The van der Waals surface area contributed by atoms with Crippen LogP contribution in [0.5, 0.6) is 0 Å². The van der Waals surface area contributed by atoms with E-state index < -0.39 is 57.8 Å². The minimum absolute atomic E-state index is 0.155. The van der Waals surface area contributed by atoms with Crippen LogP contribution in [-0.4, -0.2) is 66.5 Å². The number of aliphatic hydroxyl groups is 1. The van der Waals surface area contributed by atoms with E-state index in [9.17, 15) is 28.9 Å². The Morgan fingerprint density at radius 3 is 1.12 bits per heavy atom. The van der Waals surface area contributed by atoms with Crippen LogP contribution in [-0.2, 0) is 42.2 Å². The second-order valence-corrected chi connectivity index (χ2v) is 21.2. The first-order valence-electron chi connectivity index (χ1n) is 29.8. The number of carbonyl (C=O) groups is 3. The monoisotopic (exact) mass is 1060 g/mol. The Kier molecular flexibility index (Phi) is 53.8. The first-order chi connectivity index (χ1) is 36.2. The molecule has 3 unspecified atom stereocenters. The van der Waals surface area contributed by atoms with E-state index in [-0.39, 0.29) is 25.9 Å². The molecule has 0 aromatic heterocycles. The van der Waals surface area contributed by atoms with Crippen molar-refractivity contribution < 1.29 is 52.2 Å². The molecular weight excluding hydrogens is 952 g/mol. The average molecular weight is 1060 g/mol. The molecule has 0 heterocycles. The van der Waals surface area contributed by atoms with Gasteiger partial charge in [-0.3, -0.25) is 23.4 Å². The van der Waals surface area contributed by atoms with Crippen LogP contribution in [0.1, 0.15) is 265 Å². The van der Waals surface area contributed by atoms with Gasteiger partial charge in [-0.15, -0.1) is 0 Å². The van der Waals surface area contributed by atoms with Gasteiger partial charge in [0.05, 0.1) is 19.8 Å². The molecule has 0 rings (SSSR count). The molecule has 2 N–H and O–H groups in total. The lowest BCUT2D eigenvalue weighted by Gasteiger charge is -2.21. The molecule has 74 heavy (non-hydrogen) atoms. The van der Waals surface area contributed by atoms with Gasteiger partial charge in [0.15, 0.2) is 6.10 Å². The summed E-state index contributed by atoms with van der Waals surface area (Å²) >= 11 is 0. The van der Waals surface area contributed by atoms with Crippen LogP contribution < -0.4 is 0 Å². The largest absolute Gasteiger partial charge is 0.472 e. The molecule has 0 aliphatic heterocycles. The molecule has 428 valence electrons. The first-order valence-corrected chi connectivity index (χ1v) is 31.3. The number of phosphoric ester groups is 1. The van der Waals surface area contributed by atoms with E-state index in [1.54, 1.807) is 0 Å². The lowest BCUT2D eigenvalue weighted by molar-refractivity contribution is -0.161. The molecule has 0 amide bonds. The summed E-state index contributed by atoms with van der Waals surface area (Å²) in [7, 11) is -4.76. The third-order valence-electron chi connectivity index (χ3n) is 12.6. The van der Waals surface area contributed by atoms with Gasteiger partial charge in [0.2, 0.25) is 0 Å². The van der Waals surface area contributed by atoms with Crippen LogP contribution in [0.25, 0.3) is 0 Å². The second kappa shape index (κ2) is 56.1. The minimum atomic E-state index is -4.76. The smallest absolute Gasteiger partial charge is 0.462 e. The number of hydrogen-bond donors (Lipinski definition) is 2. The predicted octanol–water partition coefficient (Wildman–Crippen LogP) is 17.7. The van der Waals surface area contributed by atoms with Crippen molar-refractivity contribution in [2.45, 2.75) is 277 Å². The fourth-order valence-corrected chi connectivity index (χ4v) is 8.83. The van der Waals surface area contributed by atoms with E-state index in [1.807, 2.05) is 0 Å². The molecular formula is C62H109O11P. The Balaban J connectivity index is 4.75. The van der Waals surface area contributed by atoms with Crippen molar-refractivity contribution >= 4 is 25.7 Å². The van der Waals surface area contributed by atoms with E-state index in [1.165, 1.54) is 77.0 Å². The predicted molar refractivity (Wildman–Crippen MR) is 307 cm³/mol. The molecule has 0 spiro atoms. The number of rotatable bonds is 55. The summed E-state index contributed by atoms with van der Waals surface area (Å²) in [6, 6.07) is 0. The van der Waals surface area contributed by atoms with Crippen LogP contribution in [0.15, 0.2) is 72.9 Å². The third-order valence-corrected chi connectivity index (χ3v) is 13.5. The maximum atomic E-state index is 12.9. The SMILES string of the molecule is CC/C=C\C/C=C\C/C=C\CCCCCCCC(=O)OC(CO)COP(=O)(O)OCC(COC(=O)CCCCCCC/C=C\C/C=C\CCCCC)OC(=O)CCCCCCCCC/C=C\CCCCCCCC. The first kappa shape index (κ1) is 70.9. The quantitative estimate of drug-likeness (QED) is 0.0197. The third kappa shape index (κ3) is 53.7. The van der Waals surface area contributed by atoms with Crippen molar-refractivity contribution in [1.82, 2.24) is 0 Å². The van der Waals surface area contributed by atoms with Crippen LogP contribution >= 0.6 is 7.82 Å². The van der Waals surface area contributed by atoms with E-state index in [2.05, 4.69) is 93.7 Å². The highest BCUT2D eigenvalue weighted by atomic mass is 31.2. The Hall–Kier alpha value is -3.08. The van der Waals surface area contributed by atoms with Gasteiger partial charge in [0.1, 0.15) is 12.7 Å². The maximum absolute atomic E-state index is 12.9. The lowest BCUT2D eigenvalue weighted by Crippen LogP contribution is -2.30. The number of aliphatic hydroxyl groups excluding tert-OH is 1. The summed E-state index contributed by atoms with van der Waals surface area (Å²) in [6.07, 6.45) is 62.8. The lowest BCUT2D eigenvalue weighted by atomic mass is 10.1. The van der Waals surface area contributed by atoms with E-state index in [0.29, 0.717) is 19.3 Å². The number of allylic oxidation sites excluding steroid dienone is 12. The molecule has 0 aliphatic carbocycles. The summed E-state index contributed by atoms with van der Waals surface area (Å²) in [6.45, 7) is 4.48. The van der Waals surface area contributed by atoms with Crippen molar-refractivity contribution in [3.05, 3.63) is 72.9 Å². The van der Waals surface area contributed by atoms with Gasteiger partial charge in [-0.05, 0) is 109 Å². The maximum Gasteiger partial charge on any atom is 0.472 e. The van der Waals surface area contributed by atoms with Crippen LogP contribution in [0.3, 0.4) is 0 Å². The van der Waals surface area contributed by atoms with Crippen molar-refractivity contribution in [3.8, 4) is 0 Å². The van der Waals surface area contributed by atoms with Gasteiger partial charge in [0, 0.05) is 19.3 Å². The molecule has 0 aromatic carbocycles. The van der Waals surface area contributed by atoms with Gasteiger partial charge < -0.3 is 24.2 Å². The molecule has 0 bridgehead atoms. The van der Waals surface area contributed by atoms with Crippen molar-refractivity contribution in [2.24, 2.45) is 0 Å². The van der Waals surface area contributed by atoms with Crippen LogP contribution in [0, 0.1) is 0 Å². The molecule has 0 radical (unpaired) electrons. The average Bonchev–Trinajstić information content (AvgIpc) is 3.39. The number of unbranched alkanes of at least 4 members (excludes halogenated alkanes) is 26. The molecule has 3 atom stereocenters. The van der Waals surface area contributed by atoms with Gasteiger partial charge in [-0.1, -0.05) is 209 Å². The zero-order valence-corrected chi connectivity index (χ0v) is 48.2. The zero-order chi connectivity index (χ0) is 54.1. The normalized spacial score (nSPS) is 13.9. The topological polar surface area (TPSA) is 155 Å². The summed E-state index contributed by atoms with van der Waals surface area (Å²) in [5, 5.41) is 9.82. The van der Waals surface area contributed by atoms with Gasteiger partial charge >= 0.3 is 25.7 Å². The molecule has 0 aliphatic rings. The standard InChI is InChI=1S/C62H109O11P/c1-4-7-10-13-16-19-22-25-28-29-32-35-38-41-44-47-50-53-62(66)73-59(55-69-60(64)51-48-45-42-39-36-33-30-26-23-20-17-14-11-8-5-2)57-71-74(67,68)70-56-58(54-63)72-61(65)52-49-46-43-40-37-34-31-27-24-21-18-15-12-9-6-3/h9,12,17-18,20-21,25-28,30-31,58-59,63H,4-8,10-11,13-16,19,22-24,29,32-57H2,1-3H3,(H,67,68)/b12-9-,20-17-,21-18-,28-25-,30-26-,31-27-. The Bertz CT molecular complexity index is 1520. The van der Waals surface area contributed by atoms with E-state index in [4.69, 9.17) is 23.3 Å². The van der Waals surface area contributed by atoms with Crippen molar-refractivity contribution in [1.29, 1.82) is 0 Å². The molecule has 0 saturated heterocycles. The molecule has 12 heteroatoms. The highest BCUT2D eigenvalue weighted by Gasteiger charge is 2.28. The summed E-state index contributed by atoms with van der Waals surface area (Å²) in [5.74, 6) is -1.50. The second-order valence-electron chi connectivity index (χ2n) is 19.8. The number of hydrogen-bond acceptors (Lipinski definition) is 10. The summed E-state index contributed by atoms with van der Waals surface area (Å²) in [4.78, 5) is 48.6. The molecule has 11 nitrogen and oxygen atoms in total. The fraction of sp³-hybridized carbons (Fsp3) is 0.758. The van der Waals surface area contributed by atoms with Crippen LogP contribution in [0.4, 0.5) is 0 Å². The number of esters is 3. The van der Waals surface area contributed by atoms with Crippen molar-refractivity contribution in [2.75, 3.05) is 26.4 Å². The van der Waals surface area contributed by atoms with E-state index in [0.717, 1.165) is 128 Å². The Morgan fingerprint density at radius 1 is 0.392 bits per heavy atom. The van der Waals surface area contributed by atoms with Crippen LogP contribution in [0.2, 0.25) is 0 Å². The molecule has 0 aromatic rings.